The lowest BCUT2D eigenvalue weighted by Gasteiger charge is -2.12. The van der Waals surface area contributed by atoms with E-state index in [0.29, 0.717) is 23.4 Å². The predicted molar refractivity (Wildman–Crippen MR) is 141 cm³/mol. The lowest BCUT2D eigenvalue weighted by molar-refractivity contribution is -0.115. The number of fused-ring (bicyclic) bond motifs is 1. The van der Waals surface area contributed by atoms with Crippen LogP contribution < -0.4 is 16.0 Å². The van der Waals surface area contributed by atoms with Gasteiger partial charge in [0.05, 0.1) is 6.42 Å². The molecule has 0 fully saturated rings. The Kier molecular flexibility index (Phi) is 7.12. The van der Waals surface area contributed by atoms with Crippen molar-refractivity contribution in [2.45, 2.75) is 6.42 Å². The van der Waals surface area contributed by atoms with Crippen molar-refractivity contribution in [1.82, 2.24) is 5.32 Å². The first-order valence-electron chi connectivity index (χ1n) is 10.2. The second-order valence-electron chi connectivity index (χ2n) is 7.34. The first-order valence-corrected chi connectivity index (χ1v) is 11.4. The largest absolute Gasteiger partial charge is 0.332 e. The van der Waals surface area contributed by atoms with Gasteiger partial charge >= 0.3 is 0 Å². The summed E-state index contributed by atoms with van der Waals surface area (Å²) in [6, 6.07) is 28.0. The molecule has 0 radical (unpaired) electrons. The molecule has 164 valence electrons. The monoisotopic (exact) mass is 517 g/mol. The van der Waals surface area contributed by atoms with Crippen LogP contribution in [0.5, 0.6) is 0 Å². The van der Waals surface area contributed by atoms with E-state index in [1.807, 2.05) is 60.7 Å². The highest BCUT2D eigenvalue weighted by atomic mass is 79.9. The van der Waals surface area contributed by atoms with E-state index in [1.165, 1.54) is 0 Å². The molecule has 0 aromatic heterocycles. The molecule has 0 heterocycles. The normalized spacial score (nSPS) is 10.5. The minimum atomic E-state index is -0.291. The minimum Gasteiger partial charge on any atom is -0.332 e. The van der Waals surface area contributed by atoms with Gasteiger partial charge in [0.15, 0.2) is 5.11 Å². The maximum absolute atomic E-state index is 12.8. The molecule has 4 aromatic carbocycles. The molecule has 33 heavy (non-hydrogen) atoms. The second kappa shape index (κ2) is 10.4. The molecule has 0 bridgehead atoms. The molecule has 0 saturated carbocycles. The van der Waals surface area contributed by atoms with Crippen molar-refractivity contribution in [3.63, 3.8) is 0 Å². The average molecular weight is 518 g/mol. The summed E-state index contributed by atoms with van der Waals surface area (Å²) in [6.45, 7) is 0. The third kappa shape index (κ3) is 5.83. The number of thiocarbonyl (C=S) groups is 1. The van der Waals surface area contributed by atoms with Crippen LogP contribution in [0.25, 0.3) is 10.8 Å². The van der Waals surface area contributed by atoms with E-state index in [1.54, 1.807) is 30.3 Å². The SMILES string of the molecule is O=C(Cc1ccccc1)Nc1ccc(NC(=S)NC(=O)c2cccc3c(Br)cccc23)cc1. The Hall–Kier alpha value is -3.55. The summed E-state index contributed by atoms with van der Waals surface area (Å²) in [5, 5.41) is 10.6. The number of rotatable bonds is 5. The molecule has 0 spiro atoms. The highest BCUT2D eigenvalue weighted by Crippen LogP contribution is 2.26. The van der Waals surface area contributed by atoms with E-state index in [0.717, 1.165) is 20.8 Å². The zero-order valence-corrected chi connectivity index (χ0v) is 19.9. The third-order valence-corrected chi connectivity index (χ3v) is 5.87. The van der Waals surface area contributed by atoms with Crippen molar-refractivity contribution >= 4 is 67.2 Å². The van der Waals surface area contributed by atoms with E-state index >= 15 is 0 Å². The second-order valence-corrected chi connectivity index (χ2v) is 8.60. The van der Waals surface area contributed by atoms with Gasteiger partial charge in [-0.2, -0.15) is 0 Å². The first-order chi connectivity index (χ1) is 16.0. The lowest BCUT2D eigenvalue weighted by atomic mass is 10.0. The van der Waals surface area contributed by atoms with Crippen molar-refractivity contribution in [1.29, 1.82) is 0 Å². The van der Waals surface area contributed by atoms with Gasteiger partial charge in [0.1, 0.15) is 0 Å². The summed E-state index contributed by atoms with van der Waals surface area (Å²) in [5.41, 5.74) is 2.86. The molecule has 4 aromatic rings. The van der Waals surface area contributed by atoms with E-state index in [9.17, 15) is 9.59 Å². The van der Waals surface area contributed by atoms with Gasteiger partial charge in [-0.1, -0.05) is 70.5 Å². The smallest absolute Gasteiger partial charge is 0.258 e. The van der Waals surface area contributed by atoms with Crippen LogP contribution in [0, 0.1) is 0 Å². The molecule has 4 rings (SSSR count). The fraction of sp³-hybridized carbons (Fsp3) is 0.0385. The third-order valence-electron chi connectivity index (χ3n) is 4.97. The topological polar surface area (TPSA) is 70.2 Å². The van der Waals surface area contributed by atoms with Gasteiger partial charge in [-0.25, -0.2) is 0 Å². The molecule has 0 aliphatic rings. The fourth-order valence-corrected chi connectivity index (χ4v) is 4.13. The summed E-state index contributed by atoms with van der Waals surface area (Å²) in [4.78, 5) is 25.0. The molecule has 0 aliphatic carbocycles. The summed E-state index contributed by atoms with van der Waals surface area (Å²) >= 11 is 8.83. The van der Waals surface area contributed by atoms with Gasteiger partial charge in [-0.3, -0.25) is 14.9 Å². The van der Waals surface area contributed by atoms with Crippen molar-refractivity contribution in [2.75, 3.05) is 10.6 Å². The number of halogens is 1. The number of hydrogen-bond donors (Lipinski definition) is 3. The zero-order valence-electron chi connectivity index (χ0n) is 17.5. The minimum absolute atomic E-state index is 0.0913. The van der Waals surface area contributed by atoms with E-state index in [-0.39, 0.29) is 16.9 Å². The molecule has 2 amide bonds. The van der Waals surface area contributed by atoms with Gasteiger partial charge in [-0.05, 0) is 65.0 Å². The van der Waals surface area contributed by atoms with Gasteiger partial charge in [0.2, 0.25) is 5.91 Å². The van der Waals surface area contributed by atoms with Gasteiger partial charge in [0.25, 0.3) is 5.91 Å². The van der Waals surface area contributed by atoms with Crippen molar-refractivity contribution in [3.8, 4) is 0 Å². The standard InChI is InChI=1S/C26H20BrN3O2S/c27-23-11-5-8-20-21(23)9-4-10-22(20)25(32)30-26(33)29-19-14-12-18(13-15-19)28-24(31)16-17-6-2-1-3-7-17/h1-15H,16H2,(H,28,31)(H2,29,30,32,33). The predicted octanol–water partition coefficient (Wildman–Crippen LogP) is 5.91. The van der Waals surface area contributed by atoms with Crippen LogP contribution in [0.2, 0.25) is 0 Å². The fourth-order valence-electron chi connectivity index (χ4n) is 3.43. The molecule has 0 saturated heterocycles. The van der Waals surface area contributed by atoms with E-state index < -0.39 is 0 Å². The van der Waals surface area contributed by atoms with Crippen LogP contribution in [0.1, 0.15) is 15.9 Å². The van der Waals surface area contributed by atoms with Gasteiger partial charge in [0, 0.05) is 21.4 Å². The number of nitrogens with one attached hydrogen (secondary N) is 3. The average Bonchev–Trinajstić information content (AvgIpc) is 2.81. The van der Waals surface area contributed by atoms with Gasteiger partial charge < -0.3 is 10.6 Å². The van der Waals surface area contributed by atoms with Crippen LogP contribution in [0.3, 0.4) is 0 Å². The molecular weight excluding hydrogens is 498 g/mol. The van der Waals surface area contributed by atoms with Crippen LogP contribution in [0.4, 0.5) is 11.4 Å². The summed E-state index contributed by atoms with van der Waals surface area (Å²) in [7, 11) is 0. The van der Waals surface area contributed by atoms with Crippen LogP contribution in [-0.4, -0.2) is 16.9 Å². The van der Waals surface area contributed by atoms with Crippen molar-refractivity contribution in [3.05, 3.63) is 107 Å². The summed E-state index contributed by atoms with van der Waals surface area (Å²) in [5.74, 6) is -0.382. The van der Waals surface area contributed by atoms with Crippen molar-refractivity contribution < 1.29 is 9.59 Å². The number of benzene rings is 4. The molecule has 7 heteroatoms. The Balaban J connectivity index is 1.35. The Morgan fingerprint density at radius 2 is 1.36 bits per heavy atom. The van der Waals surface area contributed by atoms with E-state index in [4.69, 9.17) is 12.2 Å². The maximum atomic E-state index is 12.8. The Bertz CT molecular complexity index is 1320. The lowest BCUT2D eigenvalue weighted by Crippen LogP contribution is -2.34. The number of amides is 2. The zero-order chi connectivity index (χ0) is 23.2. The molecule has 0 aliphatic heterocycles. The Morgan fingerprint density at radius 3 is 2.09 bits per heavy atom. The van der Waals surface area contributed by atoms with E-state index in [2.05, 4.69) is 31.9 Å². The Labute approximate surface area is 205 Å². The number of hydrogen-bond acceptors (Lipinski definition) is 3. The number of anilines is 2. The summed E-state index contributed by atoms with van der Waals surface area (Å²) < 4.78 is 0.923. The maximum Gasteiger partial charge on any atom is 0.258 e. The summed E-state index contributed by atoms with van der Waals surface area (Å²) in [6.07, 6.45) is 0.307. The first kappa shape index (κ1) is 22.6. The highest BCUT2D eigenvalue weighted by Gasteiger charge is 2.13. The van der Waals surface area contributed by atoms with Crippen LogP contribution >= 0.6 is 28.1 Å². The quantitative estimate of drug-likeness (QED) is 0.288. The Morgan fingerprint density at radius 1 is 0.727 bits per heavy atom. The van der Waals surface area contributed by atoms with Gasteiger partial charge in [-0.15, -0.1) is 0 Å². The number of carbonyl (C=O) groups excluding carboxylic acids is 2. The molecule has 5 nitrogen and oxygen atoms in total. The highest BCUT2D eigenvalue weighted by molar-refractivity contribution is 9.10. The molecule has 3 N–H and O–H groups in total. The van der Waals surface area contributed by atoms with Crippen molar-refractivity contribution in [2.24, 2.45) is 0 Å². The van der Waals surface area contributed by atoms with Crippen LogP contribution in [-0.2, 0) is 11.2 Å². The van der Waals surface area contributed by atoms with Crippen LogP contribution in [0.15, 0.2) is 95.5 Å². The number of carbonyl (C=O) groups is 2. The molecule has 0 atom stereocenters. The molecular formula is C26H20BrN3O2S. The molecule has 0 unspecified atom stereocenters.